The molecule has 0 radical (unpaired) electrons. The van der Waals surface area contributed by atoms with Gasteiger partial charge in [0.2, 0.25) is 10.0 Å². The van der Waals surface area contributed by atoms with E-state index in [1.165, 1.54) is 6.20 Å². The normalized spacial score (nSPS) is 22.9. The van der Waals surface area contributed by atoms with Crippen LogP contribution in [0.5, 0.6) is 0 Å². The van der Waals surface area contributed by atoms with Crippen molar-refractivity contribution in [2.75, 3.05) is 13.7 Å². The number of nitrogens with one attached hydrogen (secondary N) is 3. The Kier molecular flexibility index (Phi) is 4.53. The van der Waals surface area contributed by atoms with Gasteiger partial charge in [0.1, 0.15) is 0 Å². The summed E-state index contributed by atoms with van der Waals surface area (Å²) >= 11 is 0. The molecule has 3 N–H and O–H groups in total. The highest BCUT2D eigenvalue weighted by Crippen LogP contribution is 2.25. The van der Waals surface area contributed by atoms with Gasteiger partial charge in [-0.3, -0.25) is 0 Å². The Labute approximate surface area is 120 Å². The standard InChI is InChI=1S/C13H23N3O3S/c1-13(2)7-10(4-5-19-13)16-20(17,18)12-6-11(8-14-3)15-9-12/h6,9-10,14-16H,4-5,7-8H2,1-3H3. The minimum Gasteiger partial charge on any atom is -0.375 e. The molecule has 1 unspecified atom stereocenters. The second-order valence-electron chi connectivity index (χ2n) is 5.81. The minimum absolute atomic E-state index is 0.0774. The molecule has 0 saturated carbocycles. The summed E-state index contributed by atoms with van der Waals surface area (Å²) in [6, 6.07) is 1.58. The molecule has 1 aromatic heterocycles. The highest BCUT2D eigenvalue weighted by molar-refractivity contribution is 7.89. The van der Waals surface area contributed by atoms with Crippen LogP contribution in [0.4, 0.5) is 0 Å². The summed E-state index contributed by atoms with van der Waals surface area (Å²) in [6.07, 6.45) is 2.91. The van der Waals surface area contributed by atoms with Crippen LogP contribution in [-0.4, -0.2) is 38.7 Å². The number of ether oxygens (including phenoxy) is 1. The first-order valence-electron chi connectivity index (χ1n) is 6.80. The van der Waals surface area contributed by atoms with Crippen LogP contribution in [0.25, 0.3) is 0 Å². The third-order valence-electron chi connectivity index (χ3n) is 3.41. The van der Waals surface area contributed by atoms with Crippen LogP contribution >= 0.6 is 0 Å². The molecule has 1 fully saturated rings. The Morgan fingerprint density at radius 3 is 2.90 bits per heavy atom. The molecule has 1 atom stereocenters. The molecule has 0 aromatic carbocycles. The third kappa shape index (κ3) is 3.82. The third-order valence-corrected chi connectivity index (χ3v) is 4.91. The maximum absolute atomic E-state index is 12.3. The zero-order valence-electron chi connectivity index (χ0n) is 12.2. The molecular weight excluding hydrogens is 278 g/mol. The number of aromatic amines is 1. The molecule has 0 spiro atoms. The molecule has 2 heterocycles. The molecular formula is C13H23N3O3S. The molecule has 0 bridgehead atoms. The Morgan fingerprint density at radius 1 is 1.50 bits per heavy atom. The van der Waals surface area contributed by atoms with E-state index in [-0.39, 0.29) is 16.5 Å². The Balaban J connectivity index is 2.06. The molecule has 1 saturated heterocycles. The second kappa shape index (κ2) is 5.85. The highest BCUT2D eigenvalue weighted by Gasteiger charge is 2.31. The molecule has 2 rings (SSSR count). The van der Waals surface area contributed by atoms with Gasteiger partial charge in [-0.05, 0) is 39.8 Å². The van der Waals surface area contributed by atoms with Crippen molar-refractivity contribution in [2.24, 2.45) is 0 Å². The van der Waals surface area contributed by atoms with Crippen LogP contribution in [0.15, 0.2) is 17.2 Å². The SMILES string of the molecule is CNCc1cc(S(=O)(=O)NC2CCOC(C)(C)C2)c[nH]1. The van der Waals surface area contributed by atoms with Gasteiger partial charge in [-0.25, -0.2) is 13.1 Å². The van der Waals surface area contributed by atoms with E-state index in [9.17, 15) is 8.42 Å². The lowest BCUT2D eigenvalue weighted by Crippen LogP contribution is -2.45. The van der Waals surface area contributed by atoms with Crippen LogP contribution < -0.4 is 10.0 Å². The van der Waals surface area contributed by atoms with Crippen molar-refractivity contribution in [2.45, 2.75) is 49.8 Å². The average Bonchev–Trinajstić information content (AvgIpc) is 2.77. The predicted octanol–water partition coefficient (Wildman–Crippen LogP) is 0.970. The van der Waals surface area contributed by atoms with Gasteiger partial charge in [0, 0.05) is 31.1 Å². The Bertz CT molecular complexity index is 551. The molecule has 0 aliphatic carbocycles. The fraction of sp³-hybridized carbons (Fsp3) is 0.692. The van der Waals surface area contributed by atoms with E-state index in [0.717, 1.165) is 5.69 Å². The molecule has 6 nitrogen and oxygen atoms in total. The van der Waals surface area contributed by atoms with Crippen molar-refractivity contribution >= 4 is 10.0 Å². The zero-order valence-corrected chi connectivity index (χ0v) is 13.0. The van der Waals surface area contributed by atoms with Crippen molar-refractivity contribution in [1.82, 2.24) is 15.0 Å². The van der Waals surface area contributed by atoms with Crippen LogP contribution in [0, 0.1) is 0 Å². The maximum Gasteiger partial charge on any atom is 0.242 e. The summed E-state index contributed by atoms with van der Waals surface area (Å²) in [5.41, 5.74) is 0.570. The summed E-state index contributed by atoms with van der Waals surface area (Å²) in [6.45, 7) is 5.15. The van der Waals surface area contributed by atoms with E-state index in [4.69, 9.17) is 4.74 Å². The van der Waals surface area contributed by atoms with Gasteiger partial charge in [0.05, 0.1) is 10.5 Å². The fourth-order valence-corrected chi connectivity index (χ4v) is 3.77. The lowest BCUT2D eigenvalue weighted by Gasteiger charge is -2.35. The first-order valence-corrected chi connectivity index (χ1v) is 8.29. The summed E-state index contributed by atoms with van der Waals surface area (Å²) in [5.74, 6) is 0. The summed E-state index contributed by atoms with van der Waals surface area (Å²) in [7, 11) is -1.66. The first-order chi connectivity index (χ1) is 9.32. The van der Waals surface area contributed by atoms with E-state index in [1.807, 2.05) is 20.9 Å². The van der Waals surface area contributed by atoms with Crippen molar-refractivity contribution in [3.05, 3.63) is 18.0 Å². The number of H-pyrrole nitrogens is 1. The second-order valence-corrected chi connectivity index (χ2v) is 7.52. The number of aromatic nitrogens is 1. The number of hydrogen-bond acceptors (Lipinski definition) is 4. The smallest absolute Gasteiger partial charge is 0.242 e. The lowest BCUT2D eigenvalue weighted by molar-refractivity contribution is -0.0599. The van der Waals surface area contributed by atoms with E-state index < -0.39 is 10.0 Å². The predicted molar refractivity (Wildman–Crippen MR) is 76.9 cm³/mol. The van der Waals surface area contributed by atoms with Gasteiger partial charge >= 0.3 is 0 Å². The van der Waals surface area contributed by atoms with Crippen LogP contribution in [0.1, 0.15) is 32.4 Å². The number of hydrogen-bond donors (Lipinski definition) is 3. The minimum atomic E-state index is -3.47. The monoisotopic (exact) mass is 301 g/mol. The molecule has 1 aliphatic rings. The number of sulfonamides is 1. The van der Waals surface area contributed by atoms with Crippen LogP contribution in [0.3, 0.4) is 0 Å². The topological polar surface area (TPSA) is 83.2 Å². The zero-order chi connectivity index (χ0) is 14.8. The van der Waals surface area contributed by atoms with Crippen LogP contribution in [0.2, 0.25) is 0 Å². The molecule has 1 aromatic rings. The van der Waals surface area contributed by atoms with Crippen molar-refractivity contribution in [1.29, 1.82) is 0 Å². The molecule has 1 aliphatic heterocycles. The van der Waals surface area contributed by atoms with E-state index >= 15 is 0 Å². The Hall–Kier alpha value is -0.890. The van der Waals surface area contributed by atoms with Crippen molar-refractivity contribution in [3.63, 3.8) is 0 Å². The molecule has 114 valence electrons. The lowest BCUT2D eigenvalue weighted by atomic mass is 9.95. The van der Waals surface area contributed by atoms with E-state index in [2.05, 4.69) is 15.0 Å². The van der Waals surface area contributed by atoms with Crippen molar-refractivity contribution < 1.29 is 13.2 Å². The maximum atomic E-state index is 12.3. The van der Waals surface area contributed by atoms with E-state index in [1.54, 1.807) is 6.07 Å². The van der Waals surface area contributed by atoms with Gasteiger partial charge in [-0.15, -0.1) is 0 Å². The number of rotatable bonds is 5. The van der Waals surface area contributed by atoms with Gasteiger partial charge in [-0.1, -0.05) is 0 Å². The van der Waals surface area contributed by atoms with Crippen LogP contribution in [-0.2, 0) is 21.3 Å². The molecule has 7 heteroatoms. The molecule has 0 amide bonds. The van der Waals surface area contributed by atoms with E-state index in [0.29, 0.717) is 26.0 Å². The molecule has 20 heavy (non-hydrogen) atoms. The summed E-state index contributed by atoms with van der Waals surface area (Å²) in [4.78, 5) is 3.24. The Morgan fingerprint density at radius 2 is 2.25 bits per heavy atom. The quantitative estimate of drug-likeness (QED) is 0.757. The van der Waals surface area contributed by atoms with Gasteiger partial charge in [0.25, 0.3) is 0 Å². The van der Waals surface area contributed by atoms with Gasteiger partial charge < -0.3 is 15.0 Å². The summed E-state index contributed by atoms with van der Waals surface area (Å²) in [5, 5.41) is 2.98. The largest absolute Gasteiger partial charge is 0.375 e. The average molecular weight is 301 g/mol. The van der Waals surface area contributed by atoms with Gasteiger partial charge in [-0.2, -0.15) is 0 Å². The van der Waals surface area contributed by atoms with Crippen molar-refractivity contribution in [3.8, 4) is 0 Å². The first kappa shape index (κ1) is 15.5. The highest BCUT2D eigenvalue weighted by atomic mass is 32.2. The van der Waals surface area contributed by atoms with Gasteiger partial charge in [0.15, 0.2) is 0 Å². The fourth-order valence-electron chi connectivity index (χ4n) is 2.49. The summed E-state index contributed by atoms with van der Waals surface area (Å²) < 4.78 is 33.1.